The highest BCUT2D eigenvalue weighted by molar-refractivity contribution is 6.30. The molecule has 0 heterocycles. The number of benzene rings is 1. The standard InChI is InChI=1S/C16H25ClN2O2/c1-4-8-16(3,18)15(20)19-9-5-10-21-14-7-6-13(17)11-12(14)2/h6-7,11H,4-5,8-10,18H2,1-3H3,(H,19,20). The summed E-state index contributed by atoms with van der Waals surface area (Å²) in [6.45, 7) is 6.83. The maximum atomic E-state index is 11.9. The third kappa shape index (κ3) is 5.94. The topological polar surface area (TPSA) is 64.4 Å². The van der Waals surface area contributed by atoms with Crippen LogP contribution in [-0.4, -0.2) is 24.6 Å². The van der Waals surface area contributed by atoms with Crippen LogP contribution >= 0.6 is 11.6 Å². The maximum absolute atomic E-state index is 11.9. The number of carbonyl (C=O) groups is 1. The lowest BCUT2D eigenvalue weighted by Gasteiger charge is -2.22. The predicted molar refractivity (Wildman–Crippen MR) is 86.8 cm³/mol. The summed E-state index contributed by atoms with van der Waals surface area (Å²) in [7, 11) is 0. The van der Waals surface area contributed by atoms with Crippen LogP contribution in [0.25, 0.3) is 0 Å². The second-order valence-electron chi connectivity index (χ2n) is 5.54. The molecule has 0 aliphatic rings. The summed E-state index contributed by atoms with van der Waals surface area (Å²) in [6, 6.07) is 5.52. The minimum Gasteiger partial charge on any atom is -0.493 e. The van der Waals surface area contributed by atoms with E-state index in [2.05, 4.69) is 5.32 Å². The molecule has 1 aromatic carbocycles. The van der Waals surface area contributed by atoms with Crippen molar-refractivity contribution in [3.63, 3.8) is 0 Å². The molecular formula is C16H25ClN2O2. The van der Waals surface area contributed by atoms with E-state index in [9.17, 15) is 4.79 Å². The molecule has 4 nitrogen and oxygen atoms in total. The fraction of sp³-hybridized carbons (Fsp3) is 0.562. The molecule has 0 aliphatic heterocycles. The van der Waals surface area contributed by atoms with E-state index in [1.165, 1.54) is 0 Å². The Morgan fingerprint density at radius 1 is 1.48 bits per heavy atom. The van der Waals surface area contributed by atoms with Crippen molar-refractivity contribution in [1.82, 2.24) is 5.32 Å². The molecule has 21 heavy (non-hydrogen) atoms. The molecule has 1 amide bonds. The van der Waals surface area contributed by atoms with E-state index >= 15 is 0 Å². The predicted octanol–water partition coefficient (Wildman–Crippen LogP) is 3.05. The Morgan fingerprint density at radius 3 is 2.81 bits per heavy atom. The largest absolute Gasteiger partial charge is 0.493 e. The first kappa shape index (κ1) is 17.8. The maximum Gasteiger partial charge on any atom is 0.239 e. The average molecular weight is 313 g/mol. The summed E-state index contributed by atoms with van der Waals surface area (Å²) >= 11 is 5.89. The fourth-order valence-corrected chi connectivity index (χ4v) is 2.29. The highest BCUT2D eigenvalue weighted by Gasteiger charge is 2.26. The molecule has 0 aromatic heterocycles. The van der Waals surface area contributed by atoms with Gasteiger partial charge in [-0.2, -0.15) is 0 Å². The van der Waals surface area contributed by atoms with E-state index in [4.69, 9.17) is 22.1 Å². The summed E-state index contributed by atoms with van der Waals surface area (Å²) < 4.78 is 5.67. The van der Waals surface area contributed by atoms with Crippen molar-refractivity contribution in [2.45, 2.75) is 45.6 Å². The van der Waals surface area contributed by atoms with Crippen molar-refractivity contribution in [3.05, 3.63) is 28.8 Å². The number of halogens is 1. The van der Waals surface area contributed by atoms with Crippen molar-refractivity contribution < 1.29 is 9.53 Å². The van der Waals surface area contributed by atoms with Gasteiger partial charge in [0, 0.05) is 11.6 Å². The summed E-state index contributed by atoms with van der Waals surface area (Å²) in [4.78, 5) is 11.9. The smallest absolute Gasteiger partial charge is 0.239 e. The van der Waals surface area contributed by atoms with Gasteiger partial charge < -0.3 is 15.8 Å². The zero-order valence-corrected chi connectivity index (χ0v) is 13.8. The van der Waals surface area contributed by atoms with Crippen molar-refractivity contribution in [2.75, 3.05) is 13.2 Å². The molecule has 0 fully saturated rings. The number of aryl methyl sites for hydroxylation is 1. The molecule has 3 N–H and O–H groups in total. The van der Waals surface area contributed by atoms with Crippen molar-refractivity contribution in [2.24, 2.45) is 5.73 Å². The van der Waals surface area contributed by atoms with Crippen LogP contribution in [-0.2, 0) is 4.79 Å². The van der Waals surface area contributed by atoms with Crippen molar-refractivity contribution in [1.29, 1.82) is 0 Å². The number of amides is 1. The number of ether oxygens (including phenoxy) is 1. The van der Waals surface area contributed by atoms with E-state index in [0.29, 0.717) is 24.6 Å². The summed E-state index contributed by atoms with van der Waals surface area (Å²) in [5.41, 5.74) is 6.17. The van der Waals surface area contributed by atoms with Gasteiger partial charge >= 0.3 is 0 Å². The Morgan fingerprint density at radius 2 is 2.19 bits per heavy atom. The van der Waals surface area contributed by atoms with Gasteiger partial charge in [-0.1, -0.05) is 24.9 Å². The summed E-state index contributed by atoms with van der Waals surface area (Å²) in [5.74, 6) is 0.715. The second kappa shape index (κ2) is 8.25. The minimum absolute atomic E-state index is 0.105. The lowest BCUT2D eigenvalue weighted by atomic mass is 9.96. The van der Waals surface area contributed by atoms with E-state index in [-0.39, 0.29) is 5.91 Å². The first-order valence-corrected chi connectivity index (χ1v) is 7.70. The van der Waals surface area contributed by atoms with Gasteiger partial charge in [0.25, 0.3) is 0 Å². The molecule has 5 heteroatoms. The normalized spacial score (nSPS) is 13.6. The monoisotopic (exact) mass is 312 g/mol. The molecule has 1 rings (SSSR count). The van der Waals surface area contributed by atoms with Gasteiger partial charge in [0.2, 0.25) is 5.91 Å². The first-order chi connectivity index (χ1) is 9.86. The van der Waals surface area contributed by atoms with Crippen LogP contribution in [0.5, 0.6) is 5.75 Å². The molecule has 0 radical (unpaired) electrons. The highest BCUT2D eigenvalue weighted by atomic mass is 35.5. The quantitative estimate of drug-likeness (QED) is 0.725. The summed E-state index contributed by atoms with van der Waals surface area (Å²) in [6.07, 6.45) is 2.30. The first-order valence-electron chi connectivity index (χ1n) is 7.33. The number of hydrogen-bond acceptors (Lipinski definition) is 3. The molecule has 1 unspecified atom stereocenters. The van der Waals surface area contributed by atoms with Crippen molar-refractivity contribution >= 4 is 17.5 Å². The third-order valence-corrected chi connectivity index (χ3v) is 3.52. The van der Waals surface area contributed by atoms with Crippen LogP contribution in [0.1, 0.15) is 38.7 Å². The Bertz CT molecular complexity index is 475. The zero-order chi connectivity index (χ0) is 15.9. The second-order valence-corrected chi connectivity index (χ2v) is 5.97. The molecule has 118 valence electrons. The number of nitrogens with two attached hydrogens (primary N) is 1. The van der Waals surface area contributed by atoms with E-state index < -0.39 is 5.54 Å². The van der Waals surface area contributed by atoms with E-state index in [1.807, 2.05) is 26.0 Å². The molecule has 0 saturated heterocycles. The van der Waals surface area contributed by atoms with Crippen LogP contribution < -0.4 is 15.8 Å². The SMILES string of the molecule is CCCC(C)(N)C(=O)NCCCOc1ccc(Cl)cc1C. The van der Waals surface area contributed by atoms with Crippen LogP contribution in [0.3, 0.4) is 0 Å². The van der Waals surface area contributed by atoms with Crippen molar-refractivity contribution in [3.8, 4) is 5.75 Å². The minimum atomic E-state index is -0.789. The van der Waals surface area contributed by atoms with E-state index in [1.54, 1.807) is 13.0 Å². The van der Waals surface area contributed by atoms with Crippen LogP contribution in [0, 0.1) is 6.92 Å². The Kier molecular flexibility index (Phi) is 6.99. The average Bonchev–Trinajstić information content (AvgIpc) is 2.40. The number of hydrogen-bond donors (Lipinski definition) is 2. The van der Waals surface area contributed by atoms with Crippen LogP contribution in [0.4, 0.5) is 0 Å². The molecule has 0 bridgehead atoms. The Labute approximate surface area is 132 Å². The van der Waals surface area contributed by atoms with Gasteiger partial charge in [-0.25, -0.2) is 0 Å². The van der Waals surface area contributed by atoms with Gasteiger partial charge in [0.05, 0.1) is 12.1 Å². The van der Waals surface area contributed by atoms with Crippen LogP contribution in [0.15, 0.2) is 18.2 Å². The van der Waals surface area contributed by atoms with E-state index in [0.717, 1.165) is 24.2 Å². The molecule has 1 aromatic rings. The number of carbonyl (C=O) groups excluding carboxylic acids is 1. The molecule has 1 atom stereocenters. The van der Waals surface area contributed by atoms with Gasteiger partial charge in [-0.15, -0.1) is 0 Å². The number of nitrogens with one attached hydrogen (secondary N) is 1. The number of rotatable bonds is 8. The van der Waals surface area contributed by atoms with Gasteiger partial charge in [-0.3, -0.25) is 4.79 Å². The van der Waals surface area contributed by atoms with Crippen LogP contribution in [0.2, 0.25) is 5.02 Å². The fourth-order valence-electron chi connectivity index (χ4n) is 2.07. The summed E-state index contributed by atoms with van der Waals surface area (Å²) in [5, 5.41) is 3.55. The molecule has 0 spiro atoms. The molecular weight excluding hydrogens is 288 g/mol. The van der Waals surface area contributed by atoms with Gasteiger partial charge in [0.15, 0.2) is 0 Å². The van der Waals surface area contributed by atoms with Gasteiger partial charge in [-0.05, 0) is 50.5 Å². The highest BCUT2D eigenvalue weighted by Crippen LogP contribution is 2.21. The third-order valence-electron chi connectivity index (χ3n) is 3.29. The lowest BCUT2D eigenvalue weighted by Crippen LogP contribution is -2.51. The molecule has 0 aliphatic carbocycles. The lowest BCUT2D eigenvalue weighted by molar-refractivity contribution is -0.126. The Balaban J connectivity index is 2.27. The zero-order valence-electron chi connectivity index (χ0n) is 13.0. The van der Waals surface area contributed by atoms with Gasteiger partial charge in [0.1, 0.15) is 5.75 Å². The molecule has 0 saturated carbocycles. The Hall–Kier alpha value is -1.26.